The molecule has 0 aliphatic rings. The number of unbranched alkanes of at least 4 members (excludes halogenated alkanes) is 14. The van der Waals surface area contributed by atoms with E-state index in [1.54, 1.807) is 6.08 Å². The van der Waals surface area contributed by atoms with Crippen molar-refractivity contribution < 1.29 is 32.9 Å². The maximum absolute atomic E-state index is 12.5. The Morgan fingerprint density at radius 3 is 1.93 bits per heavy atom. The Hall–Kier alpha value is -1.02. The lowest BCUT2D eigenvalue weighted by Gasteiger charge is -2.29. The number of hydrogen-bond acceptors (Lipinski definition) is 6. The number of aliphatic hydroxyl groups is 1. The molecular formula is C33H65N2O6P. The van der Waals surface area contributed by atoms with Gasteiger partial charge >= 0.3 is 0 Å². The molecule has 0 aromatic rings. The molecule has 3 atom stereocenters. The predicted molar refractivity (Wildman–Crippen MR) is 173 cm³/mol. The topological polar surface area (TPSA) is 108 Å². The van der Waals surface area contributed by atoms with E-state index in [2.05, 4.69) is 31.3 Å². The Kier molecular flexibility index (Phi) is 25.7. The highest BCUT2D eigenvalue weighted by Crippen LogP contribution is 2.38. The SMILES string of the molecule is CCCCCCCCCCCC/C=C/CC/C=C/C(O)C(COP(=O)([O-])OCC[N+](C)(C)C)NC(=O)CCCCCC. The van der Waals surface area contributed by atoms with Crippen LogP contribution in [0.5, 0.6) is 0 Å². The van der Waals surface area contributed by atoms with Crippen LogP contribution in [0.25, 0.3) is 0 Å². The first-order chi connectivity index (χ1) is 20.0. The number of rotatable bonds is 29. The molecule has 0 aromatic carbocycles. The average Bonchev–Trinajstić information content (AvgIpc) is 2.92. The minimum Gasteiger partial charge on any atom is -0.756 e. The van der Waals surface area contributed by atoms with Gasteiger partial charge in [-0.15, -0.1) is 0 Å². The van der Waals surface area contributed by atoms with Crippen LogP contribution in [0, 0.1) is 0 Å². The van der Waals surface area contributed by atoms with Crippen molar-refractivity contribution in [2.75, 3.05) is 40.9 Å². The number of hydrogen-bond donors (Lipinski definition) is 2. The third-order valence-electron chi connectivity index (χ3n) is 7.16. The molecule has 42 heavy (non-hydrogen) atoms. The largest absolute Gasteiger partial charge is 0.756 e. The molecule has 0 aromatic heterocycles. The van der Waals surface area contributed by atoms with Gasteiger partial charge in [-0.2, -0.15) is 0 Å². The van der Waals surface area contributed by atoms with Crippen LogP contribution < -0.4 is 10.2 Å². The summed E-state index contributed by atoms with van der Waals surface area (Å²) in [6, 6.07) is -0.893. The van der Waals surface area contributed by atoms with Crippen LogP contribution in [0.15, 0.2) is 24.3 Å². The number of nitrogens with one attached hydrogen (secondary N) is 1. The van der Waals surface area contributed by atoms with E-state index >= 15 is 0 Å². The van der Waals surface area contributed by atoms with E-state index in [-0.39, 0.29) is 12.5 Å². The quantitative estimate of drug-likeness (QED) is 0.0398. The van der Waals surface area contributed by atoms with Crippen LogP contribution in [-0.4, -0.2) is 68.5 Å². The molecule has 9 heteroatoms. The van der Waals surface area contributed by atoms with Gasteiger partial charge in [0.1, 0.15) is 13.2 Å². The Labute approximate surface area is 258 Å². The Morgan fingerprint density at radius 2 is 1.33 bits per heavy atom. The molecule has 0 radical (unpaired) electrons. The normalized spacial score (nSPS) is 15.3. The van der Waals surface area contributed by atoms with Crippen LogP contribution in [0.2, 0.25) is 0 Å². The fraction of sp³-hybridized carbons (Fsp3) is 0.848. The van der Waals surface area contributed by atoms with Gasteiger partial charge in [0.05, 0.1) is 39.9 Å². The highest BCUT2D eigenvalue weighted by atomic mass is 31.2. The molecule has 3 unspecified atom stereocenters. The molecule has 0 saturated heterocycles. The zero-order valence-electron chi connectivity index (χ0n) is 27.7. The number of allylic oxidation sites excluding steroid dienone is 3. The number of quaternary nitrogens is 1. The van der Waals surface area contributed by atoms with Gasteiger partial charge in [0.2, 0.25) is 5.91 Å². The molecule has 0 aliphatic carbocycles. The van der Waals surface area contributed by atoms with Crippen LogP contribution in [0.1, 0.15) is 129 Å². The van der Waals surface area contributed by atoms with Crippen LogP contribution in [0.4, 0.5) is 0 Å². The van der Waals surface area contributed by atoms with Crippen LogP contribution >= 0.6 is 7.82 Å². The smallest absolute Gasteiger partial charge is 0.268 e. The van der Waals surface area contributed by atoms with Gasteiger partial charge in [-0.25, -0.2) is 0 Å². The molecule has 0 fully saturated rings. The first-order valence-electron chi connectivity index (χ1n) is 16.7. The molecule has 0 rings (SSSR count). The molecule has 0 saturated carbocycles. The predicted octanol–water partition coefficient (Wildman–Crippen LogP) is 7.21. The highest BCUT2D eigenvalue weighted by Gasteiger charge is 2.23. The molecular weight excluding hydrogens is 551 g/mol. The summed E-state index contributed by atoms with van der Waals surface area (Å²) >= 11 is 0. The Morgan fingerprint density at radius 1 is 0.810 bits per heavy atom. The number of amides is 1. The first kappa shape index (κ1) is 41.0. The third-order valence-corrected chi connectivity index (χ3v) is 8.13. The summed E-state index contributed by atoms with van der Waals surface area (Å²) in [5, 5.41) is 13.5. The Balaban J connectivity index is 4.48. The van der Waals surface area contributed by atoms with Crippen molar-refractivity contribution in [1.29, 1.82) is 0 Å². The van der Waals surface area contributed by atoms with Crippen molar-refractivity contribution in [3.63, 3.8) is 0 Å². The van der Waals surface area contributed by atoms with E-state index in [0.29, 0.717) is 17.4 Å². The fourth-order valence-electron chi connectivity index (χ4n) is 4.40. The number of phosphoric ester groups is 1. The maximum Gasteiger partial charge on any atom is 0.268 e. The lowest BCUT2D eigenvalue weighted by molar-refractivity contribution is -0.870. The van der Waals surface area contributed by atoms with Gasteiger partial charge in [0.15, 0.2) is 0 Å². The summed E-state index contributed by atoms with van der Waals surface area (Å²) in [5.41, 5.74) is 0. The zero-order valence-corrected chi connectivity index (χ0v) is 28.6. The van der Waals surface area contributed by atoms with E-state index in [9.17, 15) is 19.4 Å². The second-order valence-electron chi connectivity index (χ2n) is 12.5. The molecule has 0 aliphatic heterocycles. The monoisotopic (exact) mass is 616 g/mol. The number of nitrogens with zero attached hydrogens (tertiary/aromatic N) is 1. The van der Waals surface area contributed by atoms with Crippen molar-refractivity contribution in [1.82, 2.24) is 5.32 Å². The van der Waals surface area contributed by atoms with E-state index < -0.39 is 26.6 Å². The van der Waals surface area contributed by atoms with Gasteiger partial charge in [-0.1, -0.05) is 115 Å². The summed E-state index contributed by atoms with van der Waals surface area (Å²) in [4.78, 5) is 24.7. The molecule has 248 valence electrons. The molecule has 0 bridgehead atoms. The van der Waals surface area contributed by atoms with E-state index in [4.69, 9.17) is 9.05 Å². The van der Waals surface area contributed by atoms with Crippen molar-refractivity contribution in [3.05, 3.63) is 24.3 Å². The second kappa shape index (κ2) is 26.4. The first-order valence-corrected chi connectivity index (χ1v) is 18.2. The number of carbonyl (C=O) groups excluding carboxylic acids is 1. The fourth-order valence-corrected chi connectivity index (χ4v) is 5.12. The van der Waals surface area contributed by atoms with Gasteiger partial charge in [-0.3, -0.25) is 9.36 Å². The lowest BCUT2D eigenvalue weighted by Crippen LogP contribution is -2.45. The third kappa shape index (κ3) is 27.8. The van der Waals surface area contributed by atoms with Crippen LogP contribution in [-0.2, 0) is 18.4 Å². The van der Waals surface area contributed by atoms with Crippen LogP contribution in [0.3, 0.4) is 0 Å². The molecule has 2 N–H and O–H groups in total. The number of aliphatic hydroxyl groups excluding tert-OH is 1. The standard InChI is InChI=1S/C33H65N2O6P/c1-6-8-10-12-13-14-15-16-17-18-19-20-21-22-23-24-26-32(36)31(34-33(37)27-25-11-9-7-2)30-41-42(38,39)40-29-28-35(3,4)5/h20-21,24,26,31-32,36H,6-19,22-23,25,27-30H2,1-5H3,(H-,34,37,38,39)/b21-20+,26-24+. The zero-order chi connectivity index (χ0) is 31.5. The minimum absolute atomic E-state index is 0.00605. The maximum atomic E-state index is 12.5. The molecule has 0 spiro atoms. The van der Waals surface area contributed by atoms with Crippen molar-refractivity contribution in [3.8, 4) is 0 Å². The average molecular weight is 617 g/mol. The number of carbonyl (C=O) groups is 1. The minimum atomic E-state index is -4.57. The summed E-state index contributed by atoms with van der Waals surface area (Å²) in [6.45, 7) is 4.46. The van der Waals surface area contributed by atoms with Gasteiger partial charge in [0, 0.05) is 6.42 Å². The molecule has 0 heterocycles. The van der Waals surface area contributed by atoms with Gasteiger partial charge in [0.25, 0.3) is 7.82 Å². The summed E-state index contributed by atoms with van der Waals surface area (Å²) in [5.74, 6) is -0.228. The lowest BCUT2D eigenvalue weighted by atomic mass is 10.1. The van der Waals surface area contributed by atoms with Gasteiger partial charge in [-0.05, 0) is 32.1 Å². The van der Waals surface area contributed by atoms with E-state index in [1.807, 2.05) is 27.2 Å². The number of likely N-dealkylation sites (N-methyl/N-ethyl adjacent to an activating group) is 1. The van der Waals surface area contributed by atoms with Crippen molar-refractivity contribution in [2.45, 2.75) is 142 Å². The molecule has 8 nitrogen and oxygen atoms in total. The summed E-state index contributed by atoms with van der Waals surface area (Å²) < 4.78 is 22.8. The van der Waals surface area contributed by atoms with E-state index in [0.717, 1.165) is 44.9 Å². The molecule has 1 amide bonds. The number of phosphoric acid groups is 1. The highest BCUT2D eigenvalue weighted by molar-refractivity contribution is 7.45. The second-order valence-corrected chi connectivity index (χ2v) is 13.9. The van der Waals surface area contributed by atoms with Gasteiger partial charge < -0.3 is 28.8 Å². The summed E-state index contributed by atoms with van der Waals surface area (Å²) in [6.07, 6.45) is 27.1. The summed E-state index contributed by atoms with van der Waals surface area (Å²) in [7, 11) is 1.24. The van der Waals surface area contributed by atoms with E-state index in [1.165, 1.54) is 64.2 Å². The van der Waals surface area contributed by atoms with Crippen molar-refractivity contribution >= 4 is 13.7 Å². The Bertz CT molecular complexity index is 753. The van der Waals surface area contributed by atoms with Crippen molar-refractivity contribution in [2.24, 2.45) is 0 Å².